The van der Waals surface area contributed by atoms with Crippen molar-refractivity contribution in [3.05, 3.63) is 65.9 Å². The first-order valence-electron chi connectivity index (χ1n) is 8.62. The summed E-state index contributed by atoms with van der Waals surface area (Å²) in [5.41, 5.74) is -0.284. The van der Waals surface area contributed by atoms with E-state index in [1.165, 1.54) is 44.7 Å². The topological polar surface area (TPSA) is 69.6 Å². The quantitative estimate of drug-likeness (QED) is 0.632. The van der Waals surface area contributed by atoms with E-state index in [-0.39, 0.29) is 22.9 Å². The third-order valence-corrected chi connectivity index (χ3v) is 6.02. The van der Waals surface area contributed by atoms with Gasteiger partial charge in [-0.2, -0.15) is 0 Å². The Kier molecular flexibility index (Phi) is 5.90. The standard InChI is InChI=1S/C20H20F2N2O4S/c1-23-11-13-12-24(29(25,26)15-7-4-6-14(10-15)27-2)19(20(13)28-3)18-16(21)8-5-9-17(18)22/h4-10,12,23H,11H2,1-3H3. The van der Waals surface area contributed by atoms with Crippen molar-refractivity contribution in [2.45, 2.75) is 11.4 Å². The summed E-state index contributed by atoms with van der Waals surface area (Å²) in [6.07, 6.45) is 1.30. The number of nitrogens with zero attached hydrogens (tertiary/aromatic N) is 1. The first-order chi connectivity index (χ1) is 13.8. The fourth-order valence-corrected chi connectivity index (χ4v) is 4.50. The second-order valence-electron chi connectivity index (χ2n) is 6.14. The van der Waals surface area contributed by atoms with Crippen LogP contribution >= 0.6 is 0 Å². The van der Waals surface area contributed by atoms with Crippen LogP contribution in [0.1, 0.15) is 5.56 Å². The number of aromatic nitrogens is 1. The molecule has 0 spiro atoms. The summed E-state index contributed by atoms with van der Waals surface area (Å²) >= 11 is 0. The Morgan fingerprint density at radius 3 is 2.28 bits per heavy atom. The number of ether oxygens (including phenoxy) is 2. The maximum Gasteiger partial charge on any atom is 0.268 e. The van der Waals surface area contributed by atoms with Crippen molar-refractivity contribution in [2.75, 3.05) is 21.3 Å². The molecule has 0 fully saturated rings. The Bertz CT molecular complexity index is 1120. The number of halogens is 2. The molecule has 1 aromatic heterocycles. The van der Waals surface area contributed by atoms with Crippen LogP contribution in [0.15, 0.2) is 53.6 Å². The molecule has 1 N–H and O–H groups in total. The van der Waals surface area contributed by atoms with Gasteiger partial charge in [0, 0.05) is 24.4 Å². The van der Waals surface area contributed by atoms with E-state index in [1.54, 1.807) is 13.1 Å². The molecule has 0 aliphatic carbocycles. The summed E-state index contributed by atoms with van der Waals surface area (Å²) in [5.74, 6) is -1.41. The van der Waals surface area contributed by atoms with Crippen molar-refractivity contribution in [1.29, 1.82) is 0 Å². The molecule has 0 atom stereocenters. The molecule has 0 unspecified atom stereocenters. The molecule has 0 aliphatic rings. The van der Waals surface area contributed by atoms with Gasteiger partial charge in [-0.15, -0.1) is 0 Å². The van der Waals surface area contributed by atoms with E-state index in [9.17, 15) is 17.2 Å². The summed E-state index contributed by atoms with van der Waals surface area (Å²) in [7, 11) is 0.176. The number of hydrogen-bond donors (Lipinski definition) is 1. The first kappa shape index (κ1) is 20.8. The van der Waals surface area contributed by atoms with Gasteiger partial charge in [-0.3, -0.25) is 0 Å². The Morgan fingerprint density at radius 2 is 1.69 bits per heavy atom. The molecule has 9 heteroatoms. The zero-order valence-corrected chi connectivity index (χ0v) is 16.9. The molecule has 0 saturated carbocycles. The monoisotopic (exact) mass is 422 g/mol. The molecule has 0 bridgehead atoms. The lowest BCUT2D eigenvalue weighted by Gasteiger charge is -2.14. The minimum absolute atomic E-state index is 0.0646. The molecule has 3 rings (SSSR count). The molecule has 1 heterocycles. The van der Waals surface area contributed by atoms with Crippen LogP contribution in [-0.4, -0.2) is 33.7 Å². The maximum atomic E-state index is 14.6. The highest BCUT2D eigenvalue weighted by Gasteiger charge is 2.30. The van der Waals surface area contributed by atoms with Gasteiger partial charge in [0.1, 0.15) is 28.8 Å². The number of rotatable bonds is 7. The van der Waals surface area contributed by atoms with Gasteiger partial charge < -0.3 is 14.8 Å². The fraction of sp³-hybridized carbons (Fsp3) is 0.200. The number of nitrogens with one attached hydrogen (secondary N) is 1. The van der Waals surface area contributed by atoms with E-state index in [2.05, 4.69) is 5.32 Å². The second-order valence-corrected chi connectivity index (χ2v) is 7.96. The van der Waals surface area contributed by atoms with Crippen molar-refractivity contribution in [3.63, 3.8) is 0 Å². The smallest absolute Gasteiger partial charge is 0.268 e. The lowest BCUT2D eigenvalue weighted by molar-refractivity contribution is 0.410. The van der Waals surface area contributed by atoms with Crippen molar-refractivity contribution in [1.82, 2.24) is 9.29 Å². The predicted octanol–water partition coefficient (Wildman–Crippen LogP) is 3.41. The van der Waals surface area contributed by atoms with Crippen LogP contribution in [-0.2, 0) is 16.6 Å². The zero-order chi connectivity index (χ0) is 21.2. The lowest BCUT2D eigenvalue weighted by atomic mass is 10.1. The largest absolute Gasteiger partial charge is 0.497 e. The molecule has 3 aromatic rings. The van der Waals surface area contributed by atoms with Crippen LogP contribution in [0, 0.1) is 11.6 Å². The normalized spacial score (nSPS) is 11.5. The minimum atomic E-state index is -4.22. The van der Waals surface area contributed by atoms with Gasteiger partial charge >= 0.3 is 0 Å². The van der Waals surface area contributed by atoms with Gasteiger partial charge in [0.2, 0.25) is 0 Å². The second kappa shape index (κ2) is 8.22. The SMILES string of the molecule is CNCc1cn(S(=O)(=O)c2cccc(OC)c2)c(-c2c(F)cccc2F)c1OC. The van der Waals surface area contributed by atoms with Gasteiger partial charge in [0.25, 0.3) is 10.0 Å². The average Bonchev–Trinajstić information content (AvgIpc) is 3.07. The Labute approximate surface area is 167 Å². The van der Waals surface area contributed by atoms with E-state index < -0.39 is 27.2 Å². The highest BCUT2D eigenvalue weighted by Crippen LogP contribution is 2.40. The van der Waals surface area contributed by atoms with Crippen molar-refractivity contribution in [2.24, 2.45) is 0 Å². The summed E-state index contributed by atoms with van der Waals surface area (Å²) in [6.45, 7) is 0.229. The van der Waals surface area contributed by atoms with E-state index >= 15 is 0 Å². The number of hydrogen-bond acceptors (Lipinski definition) is 5. The maximum absolute atomic E-state index is 14.6. The molecule has 29 heavy (non-hydrogen) atoms. The van der Waals surface area contributed by atoms with E-state index in [0.717, 1.165) is 16.1 Å². The van der Waals surface area contributed by atoms with Crippen LogP contribution < -0.4 is 14.8 Å². The summed E-state index contributed by atoms with van der Waals surface area (Å²) in [6, 6.07) is 9.16. The molecule has 154 valence electrons. The van der Waals surface area contributed by atoms with Gasteiger partial charge in [0.15, 0.2) is 0 Å². The van der Waals surface area contributed by atoms with Crippen LogP contribution in [0.2, 0.25) is 0 Å². The Morgan fingerprint density at radius 1 is 1.03 bits per heavy atom. The minimum Gasteiger partial charge on any atom is -0.497 e. The van der Waals surface area contributed by atoms with Crippen LogP contribution in [0.25, 0.3) is 11.3 Å². The molecule has 0 amide bonds. The van der Waals surface area contributed by atoms with Crippen LogP contribution in [0.4, 0.5) is 8.78 Å². The summed E-state index contributed by atoms with van der Waals surface area (Å²) in [4.78, 5) is -0.0940. The fourth-order valence-electron chi connectivity index (χ4n) is 3.07. The van der Waals surface area contributed by atoms with E-state index in [1.807, 2.05) is 0 Å². The molecular formula is C20H20F2N2O4S. The van der Waals surface area contributed by atoms with Crippen molar-refractivity contribution < 1.29 is 26.7 Å². The molecule has 2 aromatic carbocycles. The summed E-state index contributed by atoms with van der Waals surface area (Å²) in [5, 5.41) is 2.89. The average molecular weight is 422 g/mol. The van der Waals surface area contributed by atoms with Crippen molar-refractivity contribution in [3.8, 4) is 22.8 Å². The van der Waals surface area contributed by atoms with Crippen LogP contribution in [0.5, 0.6) is 11.5 Å². The van der Waals surface area contributed by atoms with Gasteiger partial charge in [-0.1, -0.05) is 12.1 Å². The molecule has 0 radical (unpaired) electrons. The van der Waals surface area contributed by atoms with Gasteiger partial charge in [0.05, 0.1) is 24.7 Å². The van der Waals surface area contributed by atoms with E-state index in [4.69, 9.17) is 9.47 Å². The molecule has 0 aliphatic heterocycles. The molecular weight excluding hydrogens is 402 g/mol. The third kappa shape index (κ3) is 3.70. The zero-order valence-electron chi connectivity index (χ0n) is 16.1. The molecule has 6 nitrogen and oxygen atoms in total. The number of methoxy groups -OCH3 is 2. The lowest BCUT2D eigenvalue weighted by Crippen LogP contribution is -2.14. The highest BCUT2D eigenvalue weighted by molar-refractivity contribution is 7.90. The Hall–Kier alpha value is -2.91. The van der Waals surface area contributed by atoms with Crippen LogP contribution in [0.3, 0.4) is 0 Å². The van der Waals surface area contributed by atoms with Crippen molar-refractivity contribution >= 4 is 10.0 Å². The van der Waals surface area contributed by atoms with Gasteiger partial charge in [-0.25, -0.2) is 21.2 Å². The predicted molar refractivity (Wildman–Crippen MR) is 105 cm³/mol. The summed E-state index contributed by atoms with van der Waals surface area (Å²) < 4.78 is 67.3. The number of benzene rings is 2. The first-order valence-corrected chi connectivity index (χ1v) is 10.1. The highest BCUT2D eigenvalue weighted by atomic mass is 32.2. The molecule has 0 saturated heterocycles. The van der Waals surface area contributed by atoms with Gasteiger partial charge in [-0.05, 0) is 31.3 Å². The third-order valence-electron chi connectivity index (χ3n) is 4.37. The Balaban J connectivity index is 2.36. The van der Waals surface area contributed by atoms with E-state index in [0.29, 0.717) is 11.3 Å².